The lowest BCUT2D eigenvalue weighted by molar-refractivity contribution is -0.150. The highest BCUT2D eigenvalue weighted by Gasteiger charge is 2.61. The predicted molar refractivity (Wildman–Crippen MR) is 43.6 cm³/mol. The SMILES string of the molecule is O=C(O)[C@]12C[C@@H]3C[C@@H](C[C@H]1C3)C2. The highest BCUT2D eigenvalue weighted by atomic mass is 16.4. The van der Waals surface area contributed by atoms with E-state index in [1.165, 1.54) is 19.3 Å². The molecule has 0 unspecified atom stereocenters. The smallest absolute Gasteiger partial charge is 0.309 e. The van der Waals surface area contributed by atoms with Crippen LogP contribution in [0.15, 0.2) is 0 Å². The summed E-state index contributed by atoms with van der Waals surface area (Å²) in [5.74, 6) is 1.56. The number of rotatable bonds is 1. The van der Waals surface area contributed by atoms with E-state index in [-0.39, 0.29) is 5.41 Å². The summed E-state index contributed by atoms with van der Waals surface area (Å²) in [7, 11) is 0. The molecule has 1 N–H and O–H groups in total. The van der Waals surface area contributed by atoms with Crippen molar-refractivity contribution >= 4 is 5.97 Å². The highest BCUT2D eigenvalue weighted by molar-refractivity contribution is 5.76. The van der Waals surface area contributed by atoms with E-state index in [2.05, 4.69) is 0 Å². The van der Waals surface area contributed by atoms with Gasteiger partial charge in [-0.1, -0.05) is 0 Å². The molecule has 4 bridgehead atoms. The zero-order valence-electron chi connectivity index (χ0n) is 7.12. The Morgan fingerprint density at radius 3 is 2.17 bits per heavy atom. The molecule has 4 aliphatic carbocycles. The molecule has 0 amide bonds. The fourth-order valence-electron chi connectivity index (χ4n) is 4.15. The van der Waals surface area contributed by atoms with Gasteiger partial charge < -0.3 is 5.11 Å². The standard InChI is InChI=1S/C10H14O2/c11-9(12)10-4-6-1-7(5-10)3-8(10)2-6/h6-8H,1-5H2,(H,11,12)/t6-,7+,8-,10+. The Balaban J connectivity index is 2.03. The van der Waals surface area contributed by atoms with Crippen LogP contribution in [0.2, 0.25) is 0 Å². The Labute approximate surface area is 72.0 Å². The molecule has 2 heteroatoms. The second-order valence-electron chi connectivity index (χ2n) is 5.01. The molecule has 2 nitrogen and oxygen atoms in total. The molecular formula is C10H14O2. The van der Waals surface area contributed by atoms with Gasteiger partial charge in [0.15, 0.2) is 0 Å². The minimum atomic E-state index is -0.503. The molecule has 4 atom stereocenters. The fourth-order valence-corrected chi connectivity index (χ4v) is 4.15. The van der Waals surface area contributed by atoms with Gasteiger partial charge in [0.1, 0.15) is 0 Å². The minimum absolute atomic E-state index is 0.256. The topological polar surface area (TPSA) is 37.3 Å². The number of carboxylic acids is 1. The summed E-state index contributed by atoms with van der Waals surface area (Å²) in [5, 5.41) is 9.21. The van der Waals surface area contributed by atoms with Crippen molar-refractivity contribution in [1.82, 2.24) is 0 Å². The van der Waals surface area contributed by atoms with Crippen molar-refractivity contribution < 1.29 is 9.90 Å². The van der Waals surface area contributed by atoms with Crippen molar-refractivity contribution in [2.45, 2.75) is 32.1 Å². The van der Waals surface area contributed by atoms with Gasteiger partial charge in [-0.05, 0) is 49.9 Å². The quantitative estimate of drug-likeness (QED) is 0.646. The molecule has 4 saturated carbocycles. The van der Waals surface area contributed by atoms with Crippen molar-refractivity contribution in [3.8, 4) is 0 Å². The molecule has 4 fully saturated rings. The lowest BCUT2D eigenvalue weighted by atomic mass is 9.76. The Morgan fingerprint density at radius 2 is 1.75 bits per heavy atom. The molecular weight excluding hydrogens is 152 g/mol. The summed E-state index contributed by atoms with van der Waals surface area (Å²) >= 11 is 0. The van der Waals surface area contributed by atoms with E-state index >= 15 is 0 Å². The van der Waals surface area contributed by atoms with Crippen molar-refractivity contribution in [3.05, 3.63) is 0 Å². The maximum atomic E-state index is 11.2. The molecule has 0 radical (unpaired) electrons. The maximum absolute atomic E-state index is 11.2. The van der Waals surface area contributed by atoms with Gasteiger partial charge in [-0.25, -0.2) is 0 Å². The first-order valence-electron chi connectivity index (χ1n) is 4.94. The molecule has 0 aromatic carbocycles. The molecule has 0 saturated heterocycles. The maximum Gasteiger partial charge on any atom is 0.309 e. The van der Waals surface area contributed by atoms with Crippen LogP contribution in [-0.2, 0) is 4.79 Å². The van der Waals surface area contributed by atoms with E-state index in [1.54, 1.807) is 0 Å². The third-order valence-electron chi connectivity index (χ3n) is 4.42. The average Bonchev–Trinajstić information content (AvgIpc) is 2.37. The summed E-state index contributed by atoms with van der Waals surface area (Å²) in [6.45, 7) is 0. The van der Waals surface area contributed by atoms with Gasteiger partial charge in [0.05, 0.1) is 5.41 Å². The molecule has 4 aliphatic rings. The molecule has 0 spiro atoms. The van der Waals surface area contributed by atoms with Crippen LogP contribution in [0, 0.1) is 23.2 Å². The van der Waals surface area contributed by atoms with E-state index in [0.29, 0.717) is 5.92 Å². The van der Waals surface area contributed by atoms with Crippen LogP contribution in [0.3, 0.4) is 0 Å². The van der Waals surface area contributed by atoms with Crippen molar-refractivity contribution in [1.29, 1.82) is 0 Å². The third kappa shape index (κ3) is 0.606. The first-order valence-corrected chi connectivity index (χ1v) is 4.94. The zero-order valence-corrected chi connectivity index (χ0v) is 7.12. The molecule has 4 rings (SSSR count). The van der Waals surface area contributed by atoms with Gasteiger partial charge in [0, 0.05) is 0 Å². The second kappa shape index (κ2) is 1.86. The van der Waals surface area contributed by atoms with Crippen LogP contribution in [-0.4, -0.2) is 11.1 Å². The molecule has 66 valence electrons. The Kier molecular flexibility index (Phi) is 1.07. The molecule has 0 aliphatic heterocycles. The summed E-state index contributed by atoms with van der Waals surface area (Å²) in [6.07, 6.45) is 5.73. The van der Waals surface area contributed by atoms with Crippen LogP contribution in [0.25, 0.3) is 0 Å². The average molecular weight is 166 g/mol. The fraction of sp³-hybridized carbons (Fsp3) is 0.900. The van der Waals surface area contributed by atoms with Gasteiger partial charge >= 0.3 is 5.97 Å². The van der Waals surface area contributed by atoms with Crippen LogP contribution in [0.4, 0.5) is 0 Å². The number of hydrogen-bond donors (Lipinski definition) is 1. The number of aliphatic carboxylic acids is 1. The Morgan fingerprint density at radius 1 is 1.17 bits per heavy atom. The molecule has 0 aromatic heterocycles. The van der Waals surface area contributed by atoms with E-state index in [9.17, 15) is 9.90 Å². The first kappa shape index (κ1) is 6.93. The van der Waals surface area contributed by atoms with Gasteiger partial charge in [-0.2, -0.15) is 0 Å². The summed E-state index contributed by atoms with van der Waals surface area (Å²) in [5.41, 5.74) is -0.256. The van der Waals surface area contributed by atoms with Gasteiger partial charge in [0.25, 0.3) is 0 Å². The third-order valence-corrected chi connectivity index (χ3v) is 4.42. The van der Waals surface area contributed by atoms with Crippen LogP contribution in [0.1, 0.15) is 32.1 Å². The van der Waals surface area contributed by atoms with Crippen LogP contribution < -0.4 is 0 Å². The Bertz CT molecular complexity index is 232. The lowest BCUT2D eigenvalue weighted by Gasteiger charge is -2.28. The predicted octanol–water partition coefficient (Wildman–Crippen LogP) is 1.90. The number of carbonyl (C=O) groups is 1. The van der Waals surface area contributed by atoms with Crippen molar-refractivity contribution in [2.75, 3.05) is 0 Å². The molecule has 0 aromatic rings. The van der Waals surface area contributed by atoms with Gasteiger partial charge in [0.2, 0.25) is 0 Å². The van der Waals surface area contributed by atoms with E-state index in [4.69, 9.17) is 0 Å². The van der Waals surface area contributed by atoms with Crippen LogP contribution >= 0.6 is 0 Å². The summed E-state index contributed by atoms with van der Waals surface area (Å²) in [6, 6.07) is 0. The first-order chi connectivity index (χ1) is 5.71. The second-order valence-corrected chi connectivity index (χ2v) is 5.01. The number of carboxylic acid groups (broad SMARTS) is 1. The van der Waals surface area contributed by atoms with Crippen molar-refractivity contribution in [3.63, 3.8) is 0 Å². The largest absolute Gasteiger partial charge is 0.481 e. The number of hydrogen-bond acceptors (Lipinski definition) is 1. The monoisotopic (exact) mass is 166 g/mol. The normalized spacial score (nSPS) is 54.8. The zero-order chi connectivity index (χ0) is 8.34. The van der Waals surface area contributed by atoms with Crippen LogP contribution in [0.5, 0.6) is 0 Å². The summed E-state index contributed by atoms with van der Waals surface area (Å²) < 4.78 is 0. The van der Waals surface area contributed by atoms with Gasteiger partial charge in [-0.3, -0.25) is 4.79 Å². The van der Waals surface area contributed by atoms with E-state index < -0.39 is 5.97 Å². The Hall–Kier alpha value is -0.530. The summed E-state index contributed by atoms with van der Waals surface area (Å²) in [4.78, 5) is 11.2. The molecule has 0 heterocycles. The molecule has 12 heavy (non-hydrogen) atoms. The lowest BCUT2D eigenvalue weighted by Crippen LogP contribution is -2.32. The van der Waals surface area contributed by atoms with E-state index in [1.807, 2.05) is 0 Å². The van der Waals surface area contributed by atoms with Gasteiger partial charge in [-0.15, -0.1) is 0 Å². The minimum Gasteiger partial charge on any atom is -0.481 e. The van der Waals surface area contributed by atoms with Crippen molar-refractivity contribution in [2.24, 2.45) is 23.2 Å². The highest BCUT2D eigenvalue weighted by Crippen LogP contribution is 2.65. The van der Waals surface area contributed by atoms with E-state index in [0.717, 1.165) is 24.7 Å².